The van der Waals surface area contributed by atoms with Crippen molar-refractivity contribution < 1.29 is 19.1 Å². The van der Waals surface area contributed by atoms with Crippen LogP contribution in [0, 0.1) is 0 Å². The molecule has 8 nitrogen and oxygen atoms in total. The minimum absolute atomic E-state index is 0.0432. The standard InChI is InChI=1S/C31H40N4O4/c1-22(2)35(23(3)4)31(37)25-10-14-27(15-11-25)39-19-7-5-6-18-38-26-12-8-24(9-13-26)20-34-29-16-17-33-21-28(29)30(32)36/h8-17,21-23H,5-7,18-20H2,1-4H3,(H2,32,36)(H,33,34). The summed E-state index contributed by atoms with van der Waals surface area (Å²) in [5.74, 6) is 1.12. The number of carbonyl (C=O) groups is 2. The smallest absolute Gasteiger partial charge is 0.254 e. The monoisotopic (exact) mass is 532 g/mol. The van der Waals surface area contributed by atoms with Crippen LogP contribution in [0.1, 0.15) is 73.2 Å². The Morgan fingerprint density at radius 3 is 1.95 bits per heavy atom. The molecule has 0 spiro atoms. The van der Waals surface area contributed by atoms with Crippen molar-refractivity contribution in [1.29, 1.82) is 0 Å². The molecule has 0 aliphatic carbocycles. The van der Waals surface area contributed by atoms with Crippen LogP contribution in [0.5, 0.6) is 11.5 Å². The van der Waals surface area contributed by atoms with Crippen LogP contribution >= 0.6 is 0 Å². The lowest BCUT2D eigenvalue weighted by Crippen LogP contribution is -2.42. The van der Waals surface area contributed by atoms with E-state index in [9.17, 15) is 9.59 Å². The summed E-state index contributed by atoms with van der Waals surface area (Å²) in [6.07, 6.45) is 5.92. The predicted molar refractivity (Wildman–Crippen MR) is 154 cm³/mol. The van der Waals surface area contributed by atoms with Gasteiger partial charge in [0, 0.05) is 36.6 Å². The maximum absolute atomic E-state index is 12.8. The van der Waals surface area contributed by atoms with Crippen LogP contribution < -0.4 is 20.5 Å². The van der Waals surface area contributed by atoms with Gasteiger partial charge in [0.15, 0.2) is 0 Å². The molecule has 0 saturated carbocycles. The van der Waals surface area contributed by atoms with Gasteiger partial charge in [0.2, 0.25) is 0 Å². The highest BCUT2D eigenvalue weighted by Crippen LogP contribution is 2.19. The molecule has 3 N–H and O–H groups in total. The Hall–Kier alpha value is -4.07. The molecular weight excluding hydrogens is 492 g/mol. The van der Waals surface area contributed by atoms with Gasteiger partial charge in [-0.05, 0) is 95.0 Å². The van der Waals surface area contributed by atoms with E-state index in [1.54, 1.807) is 12.3 Å². The number of rotatable bonds is 15. The Labute approximate surface area is 231 Å². The third kappa shape index (κ3) is 9.02. The number of carbonyl (C=O) groups excluding carboxylic acids is 2. The van der Waals surface area contributed by atoms with Crippen molar-refractivity contribution in [2.75, 3.05) is 18.5 Å². The molecule has 3 rings (SSSR count). The van der Waals surface area contributed by atoms with Gasteiger partial charge >= 0.3 is 0 Å². The van der Waals surface area contributed by atoms with Crippen LogP contribution in [0.25, 0.3) is 0 Å². The molecule has 0 unspecified atom stereocenters. The number of hydrogen-bond donors (Lipinski definition) is 2. The first-order valence-electron chi connectivity index (χ1n) is 13.5. The average Bonchev–Trinajstić information content (AvgIpc) is 2.92. The van der Waals surface area contributed by atoms with E-state index in [2.05, 4.69) is 10.3 Å². The Morgan fingerprint density at radius 2 is 1.41 bits per heavy atom. The van der Waals surface area contributed by atoms with Gasteiger partial charge in [0.25, 0.3) is 11.8 Å². The molecule has 2 amide bonds. The molecule has 0 aliphatic rings. The zero-order valence-electron chi connectivity index (χ0n) is 23.4. The van der Waals surface area contributed by atoms with Crippen molar-refractivity contribution >= 4 is 17.5 Å². The van der Waals surface area contributed by atoms with E-state index in [0.29, 0.717) is 36.6 Å². The van der Waals surface area contributed by atoms with Crippen LogP contribution in [-0.2, 0) is 6.54 Å². The molecule has 0 radical (unpaired) electrons. The molecule has 0 aliphatic heterocycles. The van der Waals surface area contributed by atoms with Crippen molar-refractivity contribution in [3.63, 3.8) is 0 Å². The van der Waals surface area contributed by atoms with Gasteiger partial charge in [-0.3, -0.25) is 14.6 Å². The Balaban J connectivity index is 1.31. The summed E-state index contributed by atoms with van der Waals surface area (Å²) in [4.78, 5) is 30.1. The molecule has 3 aromatic rings. The third-order valence-electron chi connectivity index (χ3n) is 6.27. The Bertz CT molecular complexity index is 1190. The van der Waals surface area contributed by atoms with Crippen LogP contribution in [0.2, 0.25) is 0 Å². The molecule has 1 aromatic heterocycles. The fourth-order valence-electron chi connectivity index (χ4n) is 4.31. The van der Waals surface area contributed by atoms with Gasteiger partial charge in [-0.15, -0.1) is 0 Å². The zero-order chi connectivity index (χ0) is 28.2. The van der Waals surface area contributed by atoms with Crippen LogP contribution in [0.15, 0.2) is 67.0 Å². The topological polar surface area (TPSA) is 107 Å². The second-order valence-electron chi connectivity index (χ2n) is 9.96. The fourth-order valence-corrected chi connectivity index (χ4v) is 4.31. The third-order valence-corrected chi connectivity index (χ3v) is 6.27. The summed E-state index contributed by atoms with van der Waals surface area (Å²) in [6.45, 7) is 9.94. The van der Waals surface area contributed by atoms with Crippen molar-refractivity contribution in [2.24, 2.45) is 5.73 Å². The number of anilines is 1. The first kappa shape index (κ1) is 29.5. The summed E-state index contributed by atoms with van der Waals surface area (Å²) in [5.41, 5.74) is 8.16. The highest BCUT2D eigenvalue weighted by Gasteiger charge is 2.21. The number of benzene rings is 2. The first-order chi connectivity index (χ1) is 18.8. The SMILES string of the molecule is CC(C)N(C(=O)c1ccc(OCCCCCOc2ccc(CNc3ccncc3C(N)=O)cc2)cc1)C(C)C. The normalized spacial score (nSPS) is 10.9. The van der Waals surface area contributed by atoms with Crippen molar-refractivity contribution in [2.45, 2.75) is 65.6 Å². The van der Waals surface area contributed by atoms with Gasteiger partial charge < -0.3 is 25.4 Å². The van der Waals surface area contributed by atoms with E-state index in [1.807, 2.05) is 81.1 Å². The summed E-state index contributed by atoms with van der Waals surface area (Å²) in [5, 5.41) is 3.22. The summed E-state index contributed by atoms with van der Waals surface area (Å²) in [6, 6.07) is 17.3. The minimum atomic E-state index is -0.511. The zero-order valence-corrected chi connectivity index (χ0v) is 23.4. The lowest BCUT2D eigenvalue weighted by atomic mass is 10.1. The summed E-state index contributed by atoms with van der Waals surface area (Å²) >= 11 is 0. The number of unbranched alkanes of at least 4 members (excludes halogenated alkanes) is 2. The first-order valence-corrected chi connectivity index (χ1v) is 13.5. The maximum atomic E-state index is 12.8. The van der Waals surface area contributed by atoms with Gasteiger partial charge in [0.05, 0.1) is 24.5 Å². The number of nitrogens with one attached hydrogen (secondary N) is 1. The number of nitrogens with two attached hydrogens (primary N) is 1. The number of hydrogen-bond acceptors (Lipinski definition) is 6. The van der Waals surface area contributed by atoms with Gasteiger partial charge in [-0.25, -0.2) is 0 Å². The van der Waals surface area contributed by atoms with Crippen molar-refractivity contribution in [3.05, 3.63) is 83.7 Å². The molecule has 0 saturated heterocycles. The second-order valence-corrected chi connectivity index (χ2v) is 9.96. The number of amides is 2. The molecule has 208 valence electrons. The van der Waals surface area contributed by atoms with E-state index < -0.39 is 5.91 Å². The molecule has 39 heavy (non-hydrogen) atoms. The Kier molecular flexibility index (Phi) is 11.2. The van der Waals surface area contributed by atoms with E-state index >= 15 is 0 Å². The maximum Gasteiger partial charge on any atom is 0.254 e. The quantitative estimate of drug-likeness (QED) is 0.244. The molecule has 0 fully saturated rings. The van der Waals surface area contributed by atoms with Crippen molar-refractivity contribution in [1.82, 2.24) is 9.88 Å². The lowest BCUT2D eigenvalue weighted by molar-refractivity contribution is 0.0643. The average molecular weight is 533 g/mol. The second kappa shape index (κ2) is 14.8. The molecule has 1 heterocycles. The number of primary amides is 1. The van der Waals surface area contributed by atoms with Gasteiger partial charge in [-0.2, -0.15) is 0 Å². The predicted octanol–water partition coefficient (Wildman–Crippen LogP) is 5.68. The van der Waals surface area contributed by atoms with E-state index in [-0.39, 0.29) is 18.0 Å². The molecule has 0 atom stereocenters. The highest BCUT2D eigenvalue weighted by molar-refractivity contribution is 5.98. The van der Waals surface area contributed by atoms with Gasteiger partial charge in [0.1, 0.15) is 11.5 Å². The number of nitrogens with zero attached hydrogens (tertiary/aromatic N) is 2. The van der Waals surface area contributed by atoms with Gasteiger partial charge in [-0.1, -0.05) is 12.1 Å². The van der Waals surface area contributed by atoms with E-state index in [4.69, 9.17) is 15.2 Å². The van der Waals surface area contributed by atoms with Crippen molar-refractivity contribution in [3.8, 4) is 11.5 Å². The lowest BCUT2D eigenvalue weighted by Gasteiger charge is -2.30. The number of ether oxygens (including phenoxy) is 2. The summed E-state index contributed by atoms with van der Waals surface area (Å²) < 4.78 is 11.7. The molecule has 0 bridgehead atoms. The number of pyridine rings is 1. The molecule has 2 aromatic carbocycles. The number of aromatic nitrogens is 1. The fraction of sp³-hybridized carbons (Fsp3) is 0.387. The molecule has 8 heteroatoms. The minimum Gasteiger partial charge on any atom is -0.494 e. The van der Waals surface area contributed by atoms with E-state index in [0.717, 1.165) is 36.3 Å². The van der Waals surface area contributed by atoms with Crippen LogP contribution in [0.4, 0.5) is 5.69 Å². The molecular formula is C31H40N4O4. The van der Waals surface area contributed by atoms with Crippen LogP contribution in [-0.4, -0.2) is 47.0 Å². The largest absolute Gasteiger partial charge is 0.494 e. The van der Waals surface area contributed by atoms with Crippen LogP contribution in [0.3, 0.4) is 0 Å². The highest BCUT2D eigenvalue weighted by atomic mass is 16.5. The summed E-state index contributed by atoms with van der Waals surface area (Å²) in [7, 11) is 0. The Morgan fingerprint density at radius 1 is 0.846 bits per heavy atom. The van der Waals surface area contributed by atoms with E-state index in [1.165, 1.54) is 6.20 Å².